The van der Waals surface area contributed by atoms with Gasteiger partial charge >= 0.3 is 0 Å². The normalized spacial score (nSPS) is 10.9. The van der Waals surface area contributed by atoms with Gasteiger partial charge < -0.3 is 4.90 Å². The van der Waals surface area contributed by atoms with Crippen LogP contribution in [0.1, 0.15) is 25.3 Å². The van der Waals surface area contributed by atoms with Crippen LogP contribution in [0.3, 0.4) is 0 Å². The van der Waals surface area contributed by atoms with E-state index in [2.05, 4.69) is 21.0 Å². The molecule has 1 N–H and O–H groups in total. The summed E-state index contributed by atoms with van der Waals surface area (Å²) in [6, 6.07) is 14.5. The van der Waals surface area contributed by atoms with Crippen molar-refractivity contribution >= 4 is 32.6 Å². The zero-order valence-electron chi connectivity index (χ0n) is 15.7. The van der Waals surface area contributed by atoms with Crippen molar-refractivity contribution < 1.29 is 4.79 Å². The standard InChI is InChI=1S/C21H22BrN3O3/c1-2-12-24(14-15-7-3-6-10-18(15)22)19(26)11-13-25-21(28)17-9-5-4-8-16(17)20(27)23-25/h3-10H,2,11-14H2,1H3,(H,23,27). The van der Waals surface area contributed by atoms with Crippen LogP contribution in [-0.4, -0.2) is 27.1 Å². The molecule has 2 aromatic carbocycles. The van der Waals surface area contributed by atoms with E-state index in [-0.39, 0.29) is 30.0 Å². The number of carbonyl (C=O) groups excluding carboxylic acids is 1. The number of aryl methyl sites for hydroxylation is 1. The number of fused-ring (bicyclic) bond motifs is 1. The van der Waals surface area contributed by atoms with Gasteiger partial charge in [0.1, 0.15) is 0 Å². The summed E-state index contributed by atoms with van der Waals surface area (Å²) >= 11 is 3.52. The van der Waals surface area contributed by atoms with Gasteiger partial charge in [0.2, 0.25) is 5.91 Å². The van der Waals surface area contributed by atoms with Crippen LogP contribution in [0.4, 0.5) is 0 Å². The highest BCUT2D eigenvalue weighted by atomic mass is 79.9. The molecule has 0 aliphatic carbocycles. The maximum Gasteiger partial charge on any atom is 0.273 e. The van der Waals surface area contributed by atoms with Gasteiger partial charge in [-0.25, -0.2) is 4.68 Å². The summed E-state index contributed by atoms with van der Waals surface area (Å²) in [6.45, 7) is 3.28. The molecule has 0 bridgehead atoms. The first-order valence-electron chi connectivity index (χ1n) is 9.24. The van der Waals surface area contributed by atoms with Crippen molar-refractivity contribution in [1.29, 1.82) is 0 Å². The minimum atomic E-state index is -0.332. The van der Waals surface area contributed by atoms with Crippen molar-refractivity contribution in [3.8, 4) is 0 Å². The first kappa shape index (κ1) is 20.1. The molecule has 0 aliphatic rings. The van der Waals surface area contributed by atoms with Gasteiger partial charge in [-0.3, -0.25) is 19.5 Å². The molecule has 0 fully saturated rings. The van der Waals surface area contributed by atoms with E-state index in [1.807, 2.05) is 31.2 Å². The molecule has 0 saturated heterocycles. The number of nitrogens with zero attached hydrogens (tertiary/aromatic N) is 2. The molecule has 1 heterocycles. The molecule has 146 valence electrons. The van der Waals surface area contributed by atoms with Gasteiger partial charge in [-0.1, -0.05) is 53.2 Å². The van der Waals surface area contributed by atoms with E-state index in [1.165, 1.54) is 4.68 Å². The van der Waals surface area contributed by atoms with Crippen molar-refractivity contribution in [2.75, 3.05) is 6.54 Å². The number of aromatic amines is 1. The molecule has 7 heteroatoms. The van der Waals surface area contributed by atoms with Crippen LogP contribution >= 0.6 is 15.9 Å². The van der Waals surface area contributed by atoms with E-state index in [0.717, 1.165) is 16.5 Å². The van der Waals surface area contributed by atoms with E-state index >= 15 is 0 Å². The maximum atomic E-state index is 12.8. The third kappa shape index (κ3) is 4.42. The lowest BCUT2D eigenvalue weighted by Crippen LogP contribution is -2.35. The molecule has 0 spiro atoms. The fourth-order valence-corrected chi connectivity index (χ4v) is 3.57. The first-order valence-corrected chi connectivity index (χ1v) is 10.0. The summed E-state index contributed by atoms with van der Waals surface area (Å²) in [5.74, 6) is -0.0569. The molecule has 0 unspecified atom stereocenters. The van der Waals surface area contributed by atoms with E-state index < -0.39 is 0 Å². The number of benzene rings is 2. The summed E-state index contributed by atoms with van der Waals surface area (Å²) in [5.41, 5.74) is 0.401. The van der Waals surface area contributed by atoms with Crippen molar-refractivity contribution in [3.63, 3.8) is 0 Å². The highest BCUT2D eigenvalue weighted by molar-refractivity contribution is 9.10. The third-order valence-corrected chi connectivity index (χ3v) is 5.37. The topological polar surface area (TPSA) is 75.2 Å². The molecule has 28 heavy (non-hydrogen) atoms. The predicted octanol–water partition coefficient (Wildman–Crippen LogP) is 3.28. The Morgan fingerprint density at radius 3 is 2.46 bits per heavy atom. The van der Waals surface area contributed by atoms with Crippen molar-refractivity contribution in [2.45, 2.75) is 32.9 Å². The molecular formula is C21H22BrN3O3. The quantitative estimate of drug-likeness (QED) is 0.608. The van der Waals surface area contributed by atoms with Gasteiger partial charge in [0.25, 0.3) is 11.1 Å². The molecule has 0 saturated carbocycles. The van der Waals surface area contributed by atoms with E-state index in [9.17, 15) is 14.4 Å². The minimum Gasteiger partial charge on any atom is -0.338 e. The van der Waals surface area contributed by atoms with Crippen LogP contribution in [-0.2, 0) is 17.9 Å². The molecule has 0 aliphatic heterocycles. The van der Waals surface area contributed by atoms with E-state index in [0.29, 0.717) is 23.9 Å². The van der Waals surface area contributed by atoms with Crippen LogP contribution in [0.25, 0.3) is 10.8 Å². The summed E-state index contributed by atoms with van der Waals surface area (Å²) in [4.78, 5) is 39.3. The molecule has 3 aromatic rings. The highest BCUT2D eigenvalue weighted by Crippen LogP contribution is 2.18. The Morgan fingerprint density at radius 2 is 1.75 bits per heavy atom. The van der Waals surface area contributed by atoms with Gasteiger partial charge in [0, 0.05) is 24.0 Å². The Kier molecular flexibility index (Phi) is 6.46. The minimum absolute atomic E-state index is 0.0569. The first-order chi connectivity index (χ1) is 13.5. The average molecular weight is 444 g/mol. The fraction of sp³-hybridized carbons (Fsp3) is 0.286. The average Bonchev–Trinajstić information content (AvgIpc) is 2.70. The smallest absolute Gasteiger partial charge is 0.273 e. The predicted molar refractivity (Wildman–Crippen MR) is 113 cm³/mol. The lowest BCUT2D eigenvalue weighted by atomic mass is 10.2. The Balaban J connectivity index is 1.77. The van der Waals surface area contributed by atoms with E-state index in [4.69, 9.17) is 0 Å². The summed E-state index contributed by atoms with van der Waals surface area (Å²) < 4.78 is 2.18. The molecule has 6 nitrogen and oxygen atoms in total. The molecule has 1 aromatic heterocycles. The second kappa shape index (κ2) is 9.01. The lowest BCUT2D eigenvalue weighted by molar-refractivity contribution is -0.132. The number of H-pyrrole nitrogens is 1. The van der Waals surface area contributed by atoms with Crippen molar-refractivity contribution in [3.05, 3.63) is 79.3 Å². The van der Waals surface area contributed by atoms with Gasteiger partial charge in [-0.2, -0.15) is 0 Å². The van der Waals surface area contributed by atoms with Gasteiger partial charge in [0.15, 0.2) is 0 Å². The number of nitrogens with one attached hydrogen (secondary N) is 1. The van der Waals surface area contributed by atoms with Crippen LogP contribution in [0.5, 0.6) is 0 Å². The molecule has 0 radical (unpaired) electrons. The van der Waals surface area contributed by atoms with E-state index in [1.54, 1.807) is 29.2 Å². The van der Waals surface area contributed by atoms with Crippen LogP contribution in [0.15, 0.2) is 62.6 Å². The lowest BCUT2D eigenvalue weighted by Gasteiger charge is -2.23. The second-order valence-corrected chi connectivity index (χ2v) is 7.45. The largest absolute Gasteiger partial charge is 0.338 e. The second-order valence-electron chi connectivity index (χ2n) is 6.60. The molecule has 0 atom stereocenters. The monoisotopic (exact) mass is 443 g/mol. The number of halogens is 1. The zero-order chi connectivity index (χ0) is 20.1. The number of rotatable bonds is 7. The van der Waals surface area contributed by atoms with Crippen molar-refractivity contribution in [2.24, 2.45) is 0 Å². The Bertz CT molecular complexity index is 1100. The molecular weight excluding hydrogens is 422 g/mol. The van der Waals surface area contributed by atoms with Crippen LogP contribution < -0.4 is 11.1 Å². The Labute approximate surface area is 170 Å². The fourth-order valence-electron chi connectivity index (χ4n) is 3.16. The number of amides is 1. The maximum absolute atomic E-state index is 12.8. The highest BCUT2D eigenvalue weighted by Gasteiger charge is 2.15. The number of hydrogen-bond donors (Lipinski definition) is 1. The van der Waals surface area contributed by atoms with Gasteiger partial charge in [0.05, 0.1) is 17.3 Å². The zero-order valence-corrected chi connectivity index (χ0v) is 17.2. The summed E-state index contributed by atoms with van der Waals surface area (Å²) in [7, 11) is 0. The molecule has 3 rings (SSSR count). The number of carbonyl (C=O) groups is 1. The number of hydrogen-bond acceptors (Lipinski definition) is 3. The Hall–Kier alpha value is -2.67. The molecule has 1 amide bonds. The van der Waals surface area contributed by atoms with Gasteiger partial charge in [-0.05, 0) is 30.2 Å². The SMILES string of the molecule is CCCN(Cc1ccccc1Br)C(=O)CCn1[nH]c(=O)c2ccccc2c1=O. The number of aromatic nitrogens is 2. The van der Waals surface area contributed by atoms with Gasteiger partial charge in [-0.15, -0.1) is 0 Å². The summed E-state index contributed by atoms with van der Waals surface area (Å²) in [5, 5.41) is 3.29. The summed E-state index contributed by atoms with van der Waals surface area (Å²) in [6.07, 6.45) is 0.974. The van der Waals surface area contributed by atoms with Crippen LogP contribution in [0, 0.1) is 0 Å². The Morgan fingerprint density at radius 1 is 1.07 bits per heavy atom. The third-order valence-electron chi connectivity index (χ3n) is 4.60. The van der Waals surface area contributed by atoms with Crippen LogP contribution in [0.2, 0.25) is 0 Å². The van der Waals surface area contributed by atoms with Crippen molar-refractivity contribution in [1.82, 2.24) is 14.7 Å².